The molecule has 0 atom stereocenters. The summed E-state index contributed by atoms with van der Waals surface area (Å²) in [6.45, 7) is 8.52. The quantitative estimate of drug-likeness (QED) is 0.463. The normalized spacial score (nSPS) is 12.2. The summed E-state index contributed by atoms with van der Waals surface area (Å²) in [5.41, 5.74) is 4.67. The van der Waals surface area contributed by atoms with E-state index in [1.165, 1.54) is 16.0 Å². The predicted octanol–water partition coefficient (Wildman–Crippen LogP) is 4.86. The first-order chi connectivity index (χ1) is 11.7. The summed E-state index contributed by atoms with van der Waals surface area (Å²) in [5.74, 6) is 0. The fourth-order valence-electron chi connectivity index (χ4n) is 2.21. The van der Waals surface area contributed by atoms with Crippen LogP contribution in [0.3, 0.4) is 0 Å². The van der Waals surface area contributed by atoms with E-state index in [2.05, 4.69) is 66.5 Å². The van der Waals surface area contributed by atoms with Crippen LogP contribution in [0.25, 0.3) is 11.3 Å². The molecule has 24 heavy (non-hydrogen) atoms. The van der Waals surface area contributed by atoms with E-state index in [1.807, 2.05) is 10.9 Å². The van der Waals surface area contributed by atoms with Crippen molar-refractivity contribution in [2.45, 2.75) is 13.8 Å². The van der Waals surface area contributed by atoms with Crippen LogP contribution in [0.1, 0.15) is 16.0 Å². The molecule has 0 N–H and O–H groups in total. The van der Waals surface area contributed by atoms with Gasteiger partial charge in [-0.05, 0) is 30.9 Å². The molecule has 0 bridgehead atoms. The second-order valence-electron chi connectivity index (χ2n) is 5.42. The third-order valence-corrected chi connectivity index (χ3v) is 5.39. The number of hydrogen-bond acceptors (Lipinski definition) is 4. The Labute approximate surface area is 150 Å². The second-order valence-corrected chi connectivity index (χ2v) is 7.21. The first kappa shape index (κ1) is 16.6. The largest absolute Gasteiger partial charge is 0.253 e. The average molecular weight is 354 g/mol. The van der Waals surface area contributed by atoms with E-state index < -0.39 is 0 Å². The van der Waals surface area contributed by atoms with Crippen molar-refractivity contribution < 1.29 is 0 Å². The number of aryl methyl sites for hydroxylation is 2. The van der Waals surface area contributed by atoms with Gasteiger partial charge in [0.15, 0.2) is 0 Å². The Bertz CT molecular complexity index is 924. The van der Waals surface area contributed by atoms with Crippen molar-refractivity contribution in [1.29, 1.82) is 0 Å². The molecule has 3 nitrogen and oxygen atoms in total. The summed E-state index contributed by atoms with van der Waals surface area (Å²) < 4.78 is 1.91. The van der Waals surface area contributed by atoms with Crippen LogP contribution in [0.2, 0.25) is 0 Å². The van der Waals surface area contributed by atoms with E-state index in [0.717, 1.165) is 16.1 Å². The Morgan fingerprint density at radius 1 is 1.12 bits per heavy atom. The third-order valence-electron chi connectivity index (χ3n) is 3.58. The van der Waals surface area contributed by atoms with Gasteiger partial charge in [-0.3, -0.25) is 4.99 Å². The Balaban J connectivity index is 2.08. The van der Waals surface area contributed by atoms with Gasteiger partial charge in [-0.15, -0.1) is 29.3 Å². The number of thiazole rings is 1. The molecule has 0 aliphatic rings. The zero-order valence-electron chi connectivity index (χ0n) is 13.8. The molecule has 1 aromatic carbocycles. The zero-order valence-corrected chi connectivity index (χ0v) is 15.4. The molecule has 0 radical (unpaired) electrons. The second kappa shape index (κ2) is 7.55. The summed E-state index contributed by atoms with van der Waals surface area (Å²) in [6, 6.07) is 10.6. The summed E-state index contributed by atoms with van der Waals surface area (Å²) in [6.07, 6.45) is 3.71. The molecule has 0 saturated heterocycles. The summed E-state index contributed by atoms with van der Waals surface area (Å²) in [5, 5.41) is 8.89. The smallest absolute Gasteiger partial charge is 0.206 e. The zero-order chi connectivity index (χ0) is 16.9. The van der Waals surface area contributed by atoms with Crippen LogP contribution < -0.4 is 4.80 Å². The van der Waals surface area contributed by atoms with Gasteiger partial charge >= 0.3 is 0 Å². The molecule has 2 aromatic heterocycles. The lowest BCUT2D eigenvalue weighted by molar-refractivity contribution is 0.840. The van der Waals surface area contributed by atoms with Gasteiger partial charge in [-0.25, -0.2) is 4.68 Å². The van der Waals surface area contributed by atoms with Gasteiger partial charge in [0.25, 0.3) is 0 Å². The van der Waals surface area contributed by atoms with Crippen molar-refractivity contribution in [3.8, 4) is 11.3 Å². The molecule has 0 spiro atoms. The highest BCUT2D eigenvalue weighted by Crippen LogP contribution is 2.21. The van der Waals surface area contributed by atoms with Crippen LogP contribution in [0.4, 0.5) is 0 Å². The highest BCUT2D eigenvalue weighted by molar-refractivity contribution is 7.11. The molecular formula is C19H19N3S2. The van der Waals surface area contributed by atoms with E-state index in [-0.39, 0.29) is 0 Å². The lowest BCUT2D eigenvalue weighted by Gasteiger charge is -2.04. The number of thiophene rings is 1. The first-order valence-electron chi connectivity index (χ1n) is 7.66. The Morgan fingerprint density at radius 3 is 2.58 bits per heavy atom. The molecule has 3 aromatic rings. The summed E-state index contributed by atoms with van der Waals surface area (Å²) in [4.78, 5) is 6.60. The summed E-state index contributed by atoms with van der Waals surface area (Å²) >= 11 is 3.29. The number of aromatic nitrogens is 1. The van der Waals surface area contributed by atoms with Crippen LogP contribution in [-0.4, -0.2) is 17.4 Å². The highest BCUT2D eigenvalue weighted by atomic mass is 32.1. The molecule has 0 unspecified atom stereocenters. The van der Waals surface area contributed by atoms with E-state index in [9.17, 15) is 0 Å². The van der Waals surface area contributed by atoms with Crippen LogP contribution in [-0.2, 0) is 0 Å². The maximum Gasteiger partial charge on any atom is 0.206 e. The van der Waals surface area contributed by atoms with E-state index >= 15 is 0 Å². The predicted molar refractivity (Wildman–Crippen MR) is 105 cm³/mol. The van der Waals surface area contributed by atoms with Gasteiger partial charge < -0.3 is 0 Å². The summed E-state index contributed by atoms with van der Waals surface area (Å²) in [7, 11) is 0. The molecule has 2 heterocycles. The molecule has 0 saturated carbocycles. The SMILES string of the molecule is C=CCN=c1scc(-c2ccc(C)cc2)n1N=Cc1sccc1C. The standard InChI is InChI=1S/C19H19N3S2/c1-4-10-20-19-22(21-12-18-15(3)9-11-23-18)17(13-24-19)16-7-5-14(2)6-8-16/h4-9,11-13H,1,10H2,2-3H3. The fraction of sp³-hybridized carbons (Fsp3) is 0.158. The average Bonchev–Trinajstić information content (AvgIpc) is 3.17. The Hall–Kier alpha value is -2.24. The number of hydrogen-bond donors (Lipinski definition) is 0. The fourth-order valence-corrected chi connectivity index (χ4v) is 3.84. The highest BCUT2D eigenvalue weighted by Gasteiger charge is 2.07. The van der Waals surface area contributed by atoms with Crippen molar-refractivity contribution in [3.63, 3.8) is 0 Å². The van der Waals surface area contributed by atoms with Crippen LogP contribution >= 0.6 is 22.7 Å². The lowest BCUT2D eigenvalue weighted by Crippen LogP contribution is -2.12. The molecule has 3 rings (SSSR count). The molecule has 122 valence electrons. The van der Waals surface area contributed by atoms with E-state index in [1.54, 1.807) is 28.7 Å². The van der Waals surface area contributed by atoms with Crippen molar-refractivity contribution in [2.24, 2.45) is 10.1 Å². The molecule has 5 heteroatoms. The maximum absolute atomic E-state index is 4.71. The third kappa shape index (κ3) is 3.63. The van der Waals surface area contributed by atoms with Crippen molar-refractivity contribution in [2.75, 3.05) is 6.54 Å². The van der Waals surface area contributed by atoms with Crippen molar-refractivity contribution in [1.82, 2.24) is 4.68 Å². The molecule has 0 amide bonds. The topological polar surface area (TPSA) is 29.6 Å². The van der Waals surface area contributed by atoms with Crippen molar-refractivity contribution in [3.05, 3.63) is 74.6 Å². The van der Waals surface area contributed by atoms with Gasteiger partial charge in [0.1, 0.15) is 0 Å². The van der Waals surface area contributed by atoms with Gasteiger partial charge in [-0.1, -0.05) is 35.9 Å². The van der Waals surface area contributed by atoms with Crippen LogP contribution in [0, 0.1) is 13.8 Å². The lowest BCUT2D eigenvalue weighted by atomic mass is 10.1. The monoisotopic (exact) mass is 353 g/mol. The van der Waals surface area contributed by atoms with Crippen LogP contribution in [0.15, 0.2) is 63.8 Å². The number of benzene rings is 1. The molecular weight excluding hydrogens is 334 g/mol. The van der Waals surface area contributed by atoms with Crippen molar-refractivity contribution >= 4 is 28.9 Å². The maximum atomic E-state index is 4.71. The van der Waals surface area contributed by atoms with Gasteiger partial charge in [-0.2, -0.15) is 5.10 Å². The first-order valence-corrected chi connectivity index (χ1v) is 9.42. The molecule has 0 aliphatic heterocycles. The Kier molecular flexibility index (Phi) is 5.23. The van der Waals surface area contributed by atoms with Gasteiger partial charge in [0.2, 0.25) is 4.80 Å². The minimum Gasteiger partial charge on any atom is -0.253 e. The minimum absolute atomic E-state index is 0.585. The Morgan fingerprint density at radius 2 is 1.92 bits per heavy atom. The molecule has 0 fully saturated rings. The van der Waals surface area contributed by atoms with E-state index in [4.69, 9.17) is 5.10 Å². The van der Waals surface area contributed by atoms with E-state index in [0.29, 0.717) is 6.54 Å². The van der Waals surface area contributed by atoms with Gasteiger partial charge in [0.05, 0.1) is 23.3 Å². The molecule has 0 aliphatic carbocycles. The van der Waals surface area contributed by atoms with Gasteiger partial charge in [0, 0.05) is 10.9 Å². The number of rotatable bonds is 5. The van der Waals surface area contributed by atoms with Crippen LogP contribution in [0.5, 0.6) is 0 Å². The number of nitrogens with zero attached hydrogens (tertiary/aromatic N) is 3. The minimum atomic E-state index is 0.585.